The highest BCUT2D eigenvalue weighted by molar-refractivity contribution is 7.92. The zero-order valence-corrected chi connectivity index (χ0v) is 18.5. The van der Waals surface area contributed by atoms with E-state index in [9.17, 15) is 21.6 Å². The van der Waals surface area contributed by atoms with E-state index in [1.165, 1.54) is 32.4 Å². The molecular weight excluding hydrogens is 479 g/mol. The van der Waals surface area contributed by atoms with Crippen LogP contribution in [0.5, 0.6) is 11.5 Å². The smallest absolute Gasteiger partial charge is 0.272 e. The molecule has 2 atom stereocenters. The fourth-order valence-corrected chi connectivity index (χ4v) is 6.17. The number of alkyl halides is 3. The van der Waals surface area contributed by atoms with Crippen LogP contribution < -0.4 is 19.5 Å². The van der Waals surface area contributed by atoms with Gasteiger partial charge in [-0.05, 0) is 12.1 Å². The Morgan fingerprint density at radius 3 is 2.29 bits per heavy atom. The van der Waals surface area contributed by atoms with E-state index in [-0.39, 0.29) is 10.6 Å². The summed E-state index contributed by atoms with van der Waals surface area (Å²) in [6.45, 7) is 0. The number of ether oxygens (including phenoxy) is 2. The maximum absolute atomic E-state index is 12.8. The van der Waals surface area contributed by atoms with Gasteiger partial charge in [0.25, 0.3) is 9.70 Å². The summed E-state index contributed by atoms with van der Waals surface area (Å²) in [4.78, 5) is 11.6. The Morgan fingerprint density at radius 1 is 1.14 bits per heavy atom. The van der Waals surface area contributed by atoms with Crippen LogP contribution in [0.2, 0.25) is 0 Å². The zero-order valence-electron chi connectivity index (χ0n) is 14.6. The van der Waals surface area contributed by atoms with Crippen molar-refractivity contribution in [2.45, 2.75) is 20.8 Å². The molecule has 1 aliphatic heterocycles. The molecule has 0 aliphatic carbocycles. The minimum atomic E-state index is -4.21. The van der Waals surface area contributed by atoms with Gasteiger partial charge in [-0.2, -0.15) is 0 Å². The summed E-state index contributed by atoms with van der Waals surface area (Å²) in [6, 6.07) is 1.73. The van der Waals surface area contributed by atoms with Gasteiger partial charge in [0.15, 0.2) is 9.84 Å². The van der Waals surface area contributed by atoms with Gasteiger partial charge < -0.3 is 14.8 Å². The van der Waals surface area contributed by atoms with Gasteiger partial charge in [0.05, 0.1) is 37.8 Å². The molecule has 9 nitrogen and oxygen atoms in total. The largest absolute Gasteiger partial charge is 0.497 e. The molecule has 0 radical (unpaired) electrons. The molecule has 1 aromatic carbocycles. The quantitative estimate of drug-likeness (QED) is 0.554. The van der Waals surface area contributed by atoms with E-state index in [1.54, 1.807) is 0 Å². The van der Waals surface area contributed by atoms with Gasteiger partial charge in [-0.1, -0.05) is 34.8 Å². The summed E-state index contributed by atoms with van der Waals surface area (Å²) >= 11 is 16.4. The number of hydrogen-bond acceptors (Lipinski definition) is 7. The van der Waals surface area contributed by atoms with Crippen molar-refractivity contribution in [2.75, 3.05) is 25.7 Å². The fourth-order valence-electron chi connectivity index (χ4n) is 2.62. The lowest BCUT2D eigenvalue weighted by molar-refractivity contribution is -0.120. The molecule has 1 aliphatic rings. The van der Waals surface area contributed by atoms with Crippen LogP contribution in [0.4, 0.5) is 0 Å². The molecule has 1 heterocycles. The van der Waals surface area contributed by atoms with Crippen molar-refractivity contribution < 1.29 is 31.1 Å². The Morgan fingerprint density at radius 2 is 1.75 bits per heavy atom. The van der Waals surface area contributed by atoms with Gasteiger partial charge in [0.2, 0.25) is 10.0 Å². The van der Waals surface area contributed by atoms with E-state index in [0.29, 0.717) is 5.75 Å². The Labute approximate surface area is 177 Å². The summed E-state index contributed by atoms with van der Waals surface area (Å²) in [6.07, 6.45) is 0. The lowest BCUT2D eigenvalue weighted by atomic mass is 10.2. The van der Waals surface area contributed by atoms with Gasteiger partial charge in [-0.3, -0.25) is 4.79 Å². The fraction of sp³-hybridized carbons (Fsp3) is 0.500. The molecule has 2 N–H and O–H groups in total. The summed E-state index contributed by atoms with van der Waals surface area (Å²) in [5.41, 5.74) is 0. The molecule has 0 saturated carbocycles. The molecule has 1 saturated heterocycles. The molecule has 158 valence electrons. The van der Waals surface area contributed by atoms with Crippen molar-refractivity contribution in [3.05, 3.63) is 18.2 Å². The molecule has 1 amide bonds. The molecule has 1 aromatic rings. The number of benzene rings is 1. The number of hydrogen-bond donors (Lipinski definition) is 2. The molecule has 0 unspecified atom stereocenters. The number of sulfonamides is 1. The average molecular weight is 496 g/mol. The molecular formula is C14H17Cl3N2O7S2. The molecule has 2 rings (SSSR count). The molecule has 0 aromatic heterocycles. The monoisotopic (exact) mass is 494 g/mol. The Balaban J connectivity index is 2.31. The summed E-state index contributed by atoms with van der Waals surface area (Å²) < 4.78 is 59.6. The predicted octanol–water partition coefficient (Wildman–Crippen LogP) is 0.634. The van der Waals surface area contributed by atoms with Gasteiger partial charge in [0.1, 0.15) is 16.4 Å². The van der Waals surface area contributed by atoms with Crippen LogP contribution in [0.25, 0.3) is 0 Å². The minimum Gasteiger partial charge on any atom is -0.497 e. The van der Waals surface area contributed by atoms with Crippen LogP contribution in [-0.2, 0) is 24.7 Å². The molecule has 0 bridgehead atoms. The van der Waals surface area contributed by atoms with Crippen molar-refractivity contribution in [2.24, 2.45) is 0 Å². The maximum atomic E-state index is 12.8. The van der Waals surface area contributed by atoms with Gasteiger partial charge in [0, 0.05) is 6.07 Å². The van der Waals surface area contributed by atoms with Crippen LogP contribution in [0.1, 0.15) is 0 Å². The van der Waals surface area contributed by atoms with Crippen LogP contribution >= 0.6 is 34.8 Å². The normalized spacial score (nSPS) is 21.9. The van der Waals surface area contributed by atoms with Crippen LogP contribution in [-0.4, -0.2) is 64.3 Å². The van der Waals surface area contributed by atoms with E-state index < -0.39 is 53.1 Å². The third-order valence-corrected chi connectivity index (χ3v) is 7.67. The van der Waals surface area contributed by atoms with E-state index >= 15 is 0 Å². The maximum Gasteiger partial charge on any atom is 0.272 e. The molecule has 14 heteroatoms. The highest BCUT2D eigenvalue weighted by atomic mass is 35.6. The number of nitrogens with one attached hydrogen (secondary N) is 2. The molecule has 0 spiro atoms. The number of rotatable bonds is 6. The van der Waals surface area contributed by atoms with Crippen molar-refractivity contribution in [3.63, 3.8) is 0 Å². The highest BCUT2D eigenvalue weighted by Gasteiger charge is 2.43. The van der Waals surface area contributed by atoms with E-state index in [1.807, 2.05) is 0 Å². The first kappa shape index (κ1) is 23.3. The average Bonchev–Trinajstić information content (AvgIpc) is 2.85. The number of amides is 1. The third-order valence-electron chi connectivity index (χ3n) is 3.89. The Hall–Kier alpha value is -0.980. The first-order valence-electron chi connectivity index (χ1n) is 7.61. The van der Waals surface area contributed by atoms with Gasteiger partial charge >= 0.3 is 0 Å². The second-order valence-electron chi connectivity index (χ2n) is 5.90. The van der Waals surface area contributed by atoms with E-state index in [0.717, 1.165) is 0 Å². The van der Waals surface area contributed by atoms with Crippen molar-refractivity contribution in [1.82, 2.24) is 10.0 Å². The van der Waals surface area contributed by atoms with Gasteiger partial charge in [-0.25, -0.2) is 21.6 Å². The first-order chi connectivity index (χ1) is 12.8. The first-order valence-corrected chi connectivity index (χ1v) is 12.1. The third kappa shape index (κ3) is 5.55. The Kier molecular flexibility index (Phi) is 6.99. The van der Waals surface area contributed by atoms with Crippen molar-refractivity contribution in [3.8, 4) is 11.5 Å². The topological polar surface area (TPSA) is 128 Å². The van der Waals surface area contributed by atoms with Crippen LogP contribution in [0, 0.1) is 0 Å². The Bertz CT molecular complexity index is 962. The summed E-state index contributed by atoms with van der Waals surface area (Å²) in [7, 11) is -5.17. The molecule has 28 heavy (non-hydrogen) atoms. The lowest BCUT2D eigenvalue weighted by Gasteiger charge is -2.23. The van der Waals surface area contributed by atoms with Crippen molar-refractivity contribution >= 4 is 60.6 Å². The number of halogens is 3. The SMILES string of the molecule is COc1ccc(S(=O)(=O)N[C@@H]2CS(=O)(=O)C[C@@H]2NC(=O)C(Cl)(Cl)Cl)c(OC)c1. The zero-order chi connectivity index (χ0) is 21.3. The van der Waals surface area contributed by atoms with E-state index in [4.69, 9.17) is 44.3 Å². The summed E-state index contributed by atoms with van der Waals surface area (Å²) in [5, 5.41) is 2.25. The number of sulfone groups is 1. The summed E-state index contributed by atoms with van der Waals surface area (Å²) in [5.74, 6) is -1.74. The van der Waals surface area contributed by atoms with Crippen LogP contribution in [0.15, 0.2) is 23.1 Å². The lowest BCUT2D eigenvalue weighted by Crippen LogP contribution is -2.53. The number of carbonyl (C=O) groups is 1. The predicted molar refractivity (Wildman–Crippen MR) is 105 cm³/mol. The van der Waals surface area contributed by atoms with E-state index in [2.05, 4.69) is 10.0 Å². The molecule has 1 fully saturated rings. The van der Waals surface area contributed by atoms with Crippen LogP contribution in [0.3, 0.4) is 0 Å². The second-order valence-corrected chi connectivity index (χ2v) is 12.0. The number of carbonyl (C=O) groups excluding carboxylic acids is 1. The minimum absolute atomic E-state index is 0.00502. The standard InChI is InChI=1S/C14H17Cl3N2O7S2/c1-25-8-3-4-12(11(5-8)26-2)28(23,24)19-10-7-27(21,22)6-9(10)18-13(20)14(15,16)17/h3-5,9-10,19H,6-7H2,1-2H3,(H,18,20)/t9-,10+/m0/s1. The second kappa shape index (κ2) is 8.41. The number of methoxy groups -OCH3 is 2. The highest BCUT2D eigenvalue weighted by Crippen LogP contribution is 2.30. The van der Waals surface area contributed by atoms with Crippen molar-refractivity contribution in [1.29, 1.82) is 0 Å². The van der Waals surface area contributed by atoms with Gasteiger partial charge in [-0.15, -0.1) is 0 Å².